The Morgan fingerprint density at radius 1 is 0.960 bits per heavy atom. The third-order valence-electron chi connectivity index (χ3n) is 7.10. The molecule has 25 heavy (non-hydrogen) atoms. The highest BCUT2D eigenvalue weighted by Crippen LogP contribution is 2.47. The molecule has 2 saturated carbocycles. The lowest BCUT2D eigenvalue weighted by Gasteiger charge is -2.42. The fourth-order valence-electron chi connectivity index (χ4n) is 5.64. The smallest absolute Gasteiger partial charge is 0.0651 e. The third-order valence-corrected chi connectivity index (χ3v) is 7.10. The van der Waals surface area contributed by atoms with E-state index < -0.39 is 0 Å². The Morgan fingerprint density at radius 3 is 2.28 bits per heavy atom. The van der Waals surface area contributed by atoms with Gasteiger partial charge in [0.05, 0.1) is 12.7 Å². The predicted octanol–water partition coefficient (Wildman–Crippen LogP) is 7.69. The van der Waals surface area contributed by atoms with Crippen LogP contribution in [0.1, 0.15) is 111 Å². The van der Waals surface area contributed by atoms with Gasteiger partial charge in [-0.3, -0.25) is 0 Å². The number of hydrogen-bond acceptors (Lipinski definition) is 1. The van der Waals surface area contributed by atoms with Gasteiger partial charge in [0.25, 0.3) is 0 Å². The molecule has 0 amide bonds. The van der Waals surface area contributed by atoms with Crippen molar-refractivity contribution in [1.82, 2.24) is 0 Å². The molecule has 0 aromatic carbocycles. The minimum atomic E-state index is 0.477. The van der Waals surface area contributed by atoms with Crippen LogP contribution in [0.25, 0.3) is 0 Å². The van der Waals surface area contributed by atoms with Crippen molar-refractivity contribution < 1.29 is 4.74 Å². The zero-order chi connectivity index (χ0) is 18.0. The van der Waals surface area contributed by atoms with Crippen molar-refractivity contribution in [3.63, 3.8) is 0 Å². The Kier molecular flexibility index (Phi) is 9.60. The van der Waals surface area contributed by atoms with Crippen molar-refractivity contribution in [2.75, 3.05) is 6.61 Å². The first-order valence-corrected chi connectivity index (χ1v) is 11.5. The van der Waals surface area contributed by atoms with Crippen LogP contribution in [0.5, 0.6) is 0 Å². The normalized spacial score (nSPS) is 28.3. The van der Waals surface area contributed by atoms with E-state index in [2.05, 4.69) is 32.9 Å². The maximum atomic E-state index is 6.23. The molecule has 0 radical (unpaired) electrons. The van der Waals surface area contributed by atoms with Crippen molar-refractivity contribution in [3.05, 3.63) is 12.2 Å². The summed E-state index contributed by atoms with van der Waals surface area (Å²) >= 11 is 0. The molecule has 1 heteroatoms. The molecule has 0 bridgehead atoms. The zero-order valence-corrected chi connectivity index (χ0v) is 17.4. The quantitative estimate of drug-likeness (QED) is 0.367. The number of allylic oxidation sites excluding steroid dienone is 1. The van der Waals surface area contributed by atoms with E-state index in [1.54, 1.807) is 0 Å². The van der Waals surface area contributed by atoms with E-state index in [1.807, 2.05) is 0 Å². The van der Waals surface area contributed by atoms with Crippen LogP contribution in [0.3, 0.4) is 0 Å². The molecular weight excluding hydrogens is 304 g/mol. The molecule has 2 aliphatic rings. The Hall–Kier alpha value is -0.300. The van der Waals surface area contributed by atoms with E-state index in [4.69, 9.17) is 4.74 Å². The predicted molar refractivity (Wildman–Crippen MR) is 110 cm³/mol. The summed E-state index contributed by atoms with van der Waals surface area (Å²) in [5, 5.41) is 0. The van der Waals surface area contributed by atoms with Gasteiger partial charge in [-0.15, -0.1) is 0 Å². The van der Waals surface area contributed by atoms with E-state index in [9.17, 15) is 0 Å². The van der Waals surface area contributed by atoms with Crippen molar-refractivity contribution in [1.29, 1.82) is 0 Å². The molecule has 2 aliphatic carbocycles. The van der Waals surface area contributed by atoms with Crippen LogP contribution >= 0.6 is 0 Å². The molecule has 2 fully saturated rings. The van der Waals surface area contributed by atoms with Gasteiger partial charge in [0.1, 0.15) is 0 Å². The lowest BCUT2D eigenvalue weighted by atomic mass is 9.63. The molecule has 2 rings (SSSR count). The molecule has 0 aliphatic heterocycles. The molecule has 0 aromatic heterocycles. The molecule has 0 heterocycles. The summed E-state index contributed by atoms with van der Waals surface area (Å²) in [4.78, 5) is 0. The monoisotopic (exact) mass is 348 g/mol. The second-order valence-electron chi connectivity index (χ2n) is 8.85. The van der Waals surface area contributed by atoms with Gasteiger partial charge in [0.15, 0.2) is 0 Å². The molecule has 1 atom stereocenters. The average molecular weight is 349 g/mol. The van der Waals surface area contributed by atoms with Crippen LogP contribution in [0.2, 0.25) is 0 Å². The summed E-state index contributed by atoms with van der Waals surface area (Å²) in [7, 11) is 0. The Bertz CT molecular complexity index is 358. The standard InChI is InChI=1S/C24H44O/c1-4-11-21-13-15-23(16-14-21)25-20-10-19-24(17-8-7-9-18-24)22(6-3)12-5-2/h10,19,21-23H,4-9,11-18,20H2,1-3H3/b19-10+. The van der Waals surface area contributed by atoms with Gasteiger partial charge in [0.2, 0.25) is 0 Å². The van der Waals surface area contributed by atoms with Gasteiger partial charge in [-0.2, -0.15) is 0 Å². The Morgan fingerprint density at radius 2 is 1.68 bits per heavy atom. The molecule has 0 saturated heterocycles. The van der Waals surface area contributed by atoms with Gasteiger partial charge in [-0.1, -0.05) is 77.9 Å². The number of hydrogen-bond donors (Lipinski definition) is 0. The summed E-state index contributed by atoms with van der Waals surface area (Å²) in [5.41, 5.74) is 0.477. The van der Waals surface area contributed by atoms with Crippen molar-refractivity contribution in [3.8, 4) is 0 Å². The zero-order valence-electron chi connectivity index (χ0n) is 17.4. The van der Waals surface area contributed by atoms with Gasteiger partial charge in [-0.25, -0.2) is 0 Å². The summed E-state index contributed by atoms with van der Waals surface area (Å²) in [5.74, 6) is 1.85. The first kappa shape index (κ1) is 21.0. The second-order valence-corrected chi connectivity index (χ2v) is 8.85. The minimum absolute atomic E-state index is 0.477. The maximum absolute atomic E-state index is 6.23. The Balaban J connectivity index is 1.81. The SMILES string of the molecule is CCCC1CCC(OC/C=C/C2(C(CC)CCC)CCCCC2)CC1. The minimum Gasteiger partial charge on any atom is -0.374 e. The van der Waals surface area contributed by atoms with Crippen LogP contribution in [0.15, 0.2) is 12.2 Å². The summed E-state index contributed by atoms with van der Waals surface area (Å²) in [6.07, 6.45) is 24.8. The summed E-state index contributed by atoms with van der Waals surface area (Å²) in [6, 6.07) is 0. The van der Waals surface area contributed by atoms with E-state index in [0.29, 0.717) is 11.5 Å². The topological polar surface area (TPSA) is 9.23 Å². The Labute approximate surface area is 158 Å². The second kappa shape index (κ2) is 11.4. The van der Waals surface area contributed by atoms with Crippen molar-refractivity contribution >= 4 is 0 Å². The first-order valence-electron chi connectivity index (χ1n) is 11.5. The highest BCUT2D eigenvalue weighted by atomic mass is 16.5. The number of ether oxygens (including phenoxy) is 1. The fraction of sp³-hybridized carbons (Fsp3) is 0.917. The largest absolute Gasteiger partial charge is 0.374 e. The average Bonchev–Trinajstić information content (AvgIpc) is 2.65. The van der Waals surface area contributed by atoms with Crippen LogP contribution in [0.4, 0.5) is 0 Å². The molecular formula is C24H44O. The van der Waals surface area contributed by atoms with Crippen LogP contribution in [-0.4, -0.2) is 12.7 Å². The van der Waals surface area contributed by atoms with Crippen LogP contribution < -0.4 is 0 Å². The summed E-state index contributed by atoms with van der Waals surface area (Å²) < 4.78 is 6.23. The van der Waals surface area contributed by atoms with Gasteiger partial charge >= 0.3 is 0 Å². The third kappa shape index (κ3) is 6.42. The molecule has 0 spiro atoms. The van der Waals surface area contributed by atoms with Crippen molar-refractivity contribution in [2.24, 2.45) is 17.3 Å². The highest BCUT2D eigenvalue weighted by Gasteiger charge is 2.35. The van der Waals surface area contributed by atoms with Gasteiger partial charge in [0, 0.05) is 0 Å². The lowest BCUT2D eigenvalue weighted by Crippen LogP contribution is -2.31. The fourth-order valence-corrected chi connectivity index (χ4v) is 5.64. The molecule has 1 nitrogen and oxygen atoms in total. The maximum Gasteiger partial charge on any atom is 0.0651 e. The molecule has 0 N–H and O–H groups in total. The van der Waals surface area contributed by atoms with E-state index >= 15 is 0 Å². The van der Waals surface area contributed by atoms with E-state index in [1.165, 1.54) is 89.9 Å². The first-order chi connectivity index (χ1) is 12.2. The van der Waals surface area contributed by atoms with E-state index in [-0.39, 0.29) is 0 Å². The number of rotatable bonds is 10. The van der Waals surface area contributed by atoms with Gasteiger partial charge in [-0.05, 0) is 62.2 Å². The van der Waals surface area contributed by atoms with Crippen LogP contribution in [0, 0.1) is 17.3 Å². The molecule has 1 unspecified atom stereocenters. The lowest BCUT2D eigenvalue weighted by molar-refractivity contribution is 0.0327. The van der Waals surface area contributed by atoms with E-state index in [0.717, 1.165) is 18.4 Å². The molecule has 0 aromatic rings. The van der Waals surface area contributed by atoms with Crippen molar-refractivity contribution in [2.45, 2.75) is 117 Å². The summed E-state index contributed by atoms with van der Waals surface area (Å²) in [6.45, 7) is 7.90. The van der Waals surface area contributed by atoms with Gasteiger partial charge < -0.3 is 4.74 Å². The van der Waals surface area contributed by atoms with Crippen LogP contribution in [-0.2, 0) is 4.74 Å². The molecule has 146 valence electrons. The highest BCUT2D eigenvalue weighted by molar-refractivity contribution is 5.04.